The molecule has 0 aliphatic rings. The van der Waals surface area contributed by atoms with Gasteiger partial charge in [-0.1, -0.05) is 30.3 Å². The van der Waals surface area contributed by atoms with Crippen molar-refractivity contribution in [2.24, 2.45) is 4.99 Å². The van der Waals surface area contributed by atoms with Gasteiger partial charge in [-0.3, -0.25) is 4.99 Å². The van der Waals surface area contributed by atoms with E-state index in [4.69, 9.17) is 4.74 Å². The Labute approximate surface area is 167 Å². The minimum Gasteiger partial charge on any atom is -0.497 e. The Bertz CT molecular complexity index is 617. The van der Waals surface area contributed by atoms with E-state index in [-0.39, 0.29) is 24.0 Å². The van der Waals surface area contributed by atoms with Gasteiger partial charge in [0.15, 0.2) is 5.96 Å². The Hall–Kier alpha value is -1.96. The first-order valence-electron chi connectivity index (χ1n) is 8.18. The van der Waals surface area contributed by atoms with E-state index in [1.54, 1.807) is 14.2 Å². The molecule has 0 aromatic heterocycles. The molecule has 6 heteroatoms. The van der Waals surface area contributed by atoms with Crippen molar-refractivity contribution < 1.29 is 4.74 Å². The molecule has 25 heavy (non-hydrogen) atoms. The molecule has 5 nitrogen and oxygen atoms in total. The predicted molar refractivity (Wildman–Crippen MR) is 116 cm³/mol. The van der Waals surface area contributed by atoms with Gasteiger partial charge in [0.25, 0.3) is 0 Å². The fourth-order valence-corrected chi connectivity index (χ4v) is 2.23. The molecule has 0 atom stereocenters. The summed E-state index contributed by atoms with van der Waals surface area (Å²) in [5.41, 5.74) is 2.34. The number of methoxy groups -OCH3 is 1. The maximum Gasteiger partial charge on any atom is 0.191 e. The van der Waals surface area contributed by atoms with Crippen molar-refractivity contribution in [1.29, 1.82) is 0 Å². The van der Waals surface area contributed by atoms with Crippen molar-refractivity contribution in [3.05, 3.63) is 60.2 Å². The molecule has 0 fully saturated rings. The van der Waals surface area contributed by atoms with E-state index in [1.165, 1.54) is 5.56 Å². The largest absolute Gasteiger partial charge is 0.497 e. The van der Waals surface area contributed by atoms with Crippen molar-refractivity contribution in [2.45, 2.75) is 13.0 Å². The number of aliphatic imine (C=N–C) groups is 1. The van der Waals surface area contributed by atoms with Crippen LogP contribution in [0.4, 0.5) is 5.69 Å². The van der Waals surface area contributed by atoms with E-state index in [0.29, 0.717) is 0 Å². The molecule has 0 saturated carbocycles. The number of ether oxygens (including phenoxy) is 1. The summed E-state index contributed by atoms with van der Waals surface area (Å²) >= 11 is 0. The third kappa shape index (κ3) is 8.11. The number of guanidine groups is 1. The van der Waals surface area contributed by atoms with Gasteiger partial charge in [-0.2, -0.15) is 0 Å². The number of para-hydroxylation sites is 1. The molecule has 0 saturated heterocycles. The van der Waals surface area contributed by atoms with E-state index in [2.05, 4.69) is 33.1 Å². The Morgan fingerprint density at radius 1 is 0.960 bits per heavy atom. The monoisotopic (exact) mass is 454 g/mol. The number of hydrogen-bond acceptors (Lipinski definition) is 3. The summed E-state index contributed by atoms with van der Waals surface area (Å²) in [5, 5.41) is 10.0. The van der Waals surface area contributed by atoms with Crippen LogP contribution in [-0.4, -0.2) is 33.2 Å². The summed E-state index contributed by atoms with van der Waals surface area (Å²) in [6.45, 7) is 2.51. The average Bonchev–Trinajstić information content (AvgIpc) is 2.65. The van der Waals surface area contributed by atoms with Crippen LogP contribution in [0, 0.1) is 0 Å². The average molecular weight is 454 g/mol. The third-order valence-electron chi connectivity index (χ3n) is 3.59. The van der Waals surface area contributed by atoms with Gasteiger partial charge < -0.3 is 20.7 Å². The molecule has 136 valence electrons. The number of nitrogens with one attached hydrogen (secondary N) is 3. The number of anilines is 1. The standard InChI is InChI=1S/C19H26N4O.HI/c1-20-19(23-15-16-9-11-18(24-2)12-10-16)22-14-6-13-21-17-7-4-3-5-8-17;/h3-5,7-12,21H,6,13-15H2,1-2H3,(H2,20,22,23);1H. The zero-order valence-corrected chi connectivity index (χ0v) is 17.1. The highest BCUT2D eigenvalue weighted by Gasteiger charge is 1.99. The topological polar surface area (TPSA) is 57.7 Å². The maximum absolute atomic E-state index is 5.16. The van der Waals surface area contributed by atoms with Crippen LogP contribution in [0.5, 0.6) is 5.75 Å². The fourth-order valence-electron chi connectivity index (χ4n) is 2.23. The molecule has 0 heterocycles. The highest BCUT2D eigenvalue weighted by molar-refractivity contribution is 14.0. The molecule has 0 amide bonds. The van der Waals surface area contributed by atoms with Crippen LogP contribution >= 0.6 is 24.0 Å². The lowest BCUT2D eigenvalue weighted by Gasteiger charge is -2.12. The van der Waals surface area contributed by atoms with Gasteiger partial charge in [0.1, 0.15) is 5.75 Å². The van der Waals surface area contributed by atoms with Crippen molar-refractivity contribution >= 4 is 35.6 Å². The molecule has 2 aromatic carbocycles. The quantitative estimate of drug-likeness (QED) is 0.248. The molecule has 2 rings (SSSR count). The smallest absolute Gasteiger partial charge is 0.191 e. The Kier molecular flexibility index (Phi) is 10.5. The summed E-state index contributed by atoms with van der Waals surface area (Å²) < 4.78 is 5.16. The zero-order valence-electron chi connectivity index (χ0n) is 14.8. The SMILES string of the molecule is CN=C(NCCCNc1ccccc1)NCc1ccc(OC)cc1.I. The Balaban J connectivity index is 0.00000312. The first-order chi connectivity index (χ1) is 11.8. The molecular formula is C19H27IN4O. The van der Waals surface area contributed by atoms with E-state index < -0.39 is 0 Å². The number of nitrogens with zero attached hydrogens (tertiary/aromatic N) is 1. The van der Waals surface area contributed by atoms with E-state index in [0.717, 1.165) is 43.5 Å². The van der Waals surface area contributed by atoms with Gasteiger partial charge >= 0.3 is 0 Å². The minimum absolute atomic E-state index is 0. The van der Waals surface area contributed by atoms with Crippen molar-refractivity contribution in [2.75, 3.05) is 32.6 Å². The second-order valence-corrected chi connectivity index (χ2v) is 5.35. The Morgan fingerprint density at radius 3 is 2.32 bits per heavy atom. The first-order valence-corrected chi connectivity index (χ1v) is 8.18. The molecule has 0 unspecified atom stereocenters. The van der Waals surface area contributed by atoms with Gasteiger partial charge in [-0.25, -0.2) is 0 Å². The highest BCUT2D eigenvalue weighted by Crippen LogP contribution is 2.10. The summed E-state index contributed by atoms with van der Waals surface area (Å²) in [5.74, 6) is 1.68. The third-order valence-corrected chi connectivity index (χ3v) is 3.59. The number of rotatable bonds is 8. The summed E-state index contributed by atoms with van der Waals surface area (Å²) in [4.78, 5) is 4.24. The summed E-state index contributed by atoms with van der Waals surface area (Å²) in [6, 6.07) is 18.2. The molecule has 0 bridgehead atoms. The Morgan fingerprint density at radius 2 is 1.68 bits per heavy atom. The van der Waals surface area contributed by atoms with Gasteiger partial charge in [0.2, 0.25) is 0 Å². The zero-order chi connectivity index (χ0) is 17.0. The molecule has 3 N–H and O–H groups in total. The van der Waals surface area contributed by atoms with E-state index >= 15 is 0 Å². The number of hydrogen-bond donors (Lipinski definition) is 3. The van der Waals surface area contributed by atoms with Gasteiger partial charge in [-0.05, 0) is 36.2 Å². The van der Waals surface area contributed by atoms with Crippen LogP contribution < -0.4 is 20.7 Å². The second kappa shape index (κ2) is 12.4. The predicted octanol–water partition coefficient (Wildman–Crippen LogP) is 3.48. The van der Waals surface area contributed by atoms with Crippen molar-refractivity contribution in [1.82, 2.24) is 10.6 Å². The van der Waals surface area contributed by atoms with Crippen LogP contribution in [0.25, 0.3) is 0 Å². The van der Waals surface area contributed by atoms with Gasteiger partial charge in [-0.15, -0.1) is 24.0 Å². The van der Waals surface area contributed by atoms with E-state index in [9.17, 15) is 0 Å². The van der Waals surface area contributed by atoms with E-state index in [1.807, 2.05) is 42.5 Å². The minimum atomic E-state index is 0. The molecule has 0 aliphatic carbocycles. The first kappa shape index (κ1) is 21.1. The van der Waals surface area contributed by atoms with Crippen LogP contribution in [0.3, 0.4) is 0 Å². The molecule has 0 radical (unpaired) electrons. The number of benzene rings is 2. The molecule has 0 spiro atoms. The van der Waals surface area contributed by atoms with Crippen LogP contribution in [0.15, 0.2) is 59.6 Å². The summed E-state index contributed by atoms with van der Waals surface area (Å²) in [6.07, 6.45) is 1.01. The number of halogens is 1. The lowest BCUT2D eigenvalue weighted by atomic mass is 10.2. The maximum atomic E-state index is 5.16. The van der Waals surface area contributed by atoms with Crippen LogP contribution in [-0.2, 0) is 6.54 Å². The second-order valence-electron chi connectivity index (χ2n) is 5.35. The molecule has 0 aliphatic heterocycles. The van der Waals surface area contributed by atoms with Crippen molar-refractivity contribution in [3.8, 4) is 5.75 Å². The fraction of sp³-hybridized carbons (Fsp3) is 0.316. The van der Waals surface area contributed by atoms with Crippen molar-refractivity contribution in [3.63, 3.8) is 0 Å². The normalized spacial score (nSPS) is 10.6. The van der Waals surface area contributed by atoms with Gasteiger partial charge in [0, 0.05) is 32.4 Å². The molecular weight excluding hydrogens is 427 g/mol. The highest BCUT2D eigenvalue weighted by atomic mass is 127. The van der Waals surface area contributed by atoms with Crippen LogP contribution in [0.1, 0.15) is 12.0 Å². The van der Waals surface area contributed by atoms with Crippen LogP contribution in [0.2, 0.25) is 0 Å². The molecule has 2 aromatic rings. The lowest BCUT2D eigenvalue weighted by Crippen LogP contribution is -2.37. The van der Waals surface area contributed by atoms with Gasteiger partial charge in [0.05, 0.1) is 7.11 Å². The lowest BCUT2D eigenvalue weighted by molar-refractivity contribution is 0.414. The summed E-state index contributed by atoms with van der Waals surface area (Å²) in [7, 11) is 3.46.